The lowest BCUT2D eigenvalue weighted by Gasteiger charge is -2.09. The van der Waals surface area contributed by atoms with E-state index in [-0.39, 0.29) is 12.5 Å². The Bertz CT molecular complexity index is 859. The number of carbonyl (C=O) groups excluding carboxylic acids is 1. The van der Waals surface area contributed by atoms with Gasteiger partial charge in [0.25, 0.3) is 5.91 Å². The average Bonchev–Trinajstić information content (AvgIpc) is 3.02. The molecule has 0 bridgehead atoms. The first-order valence-corrected chi connectivity index (χ1v) is 8.90. The second-order valence-corrected chi connectivity index (χ2v) is 7.02. The summed E-state index contributed by atoms with van der Waals surface area (Å²) in [4.78, 5) is 17.4. The number of nitrogens with zero attached hydrogens (tertiary/aromatic N) is 1. The zero-order valence-electron chi connectivity index (χ0n) is 14.3. The fraction of sp³-hybridized carbons (Fsp3) is 0.200. The lowest BCUT2D eigenvalue weighted by atomic mass is 10.1. The van der Waals surface area contributed by atoms with Crippen LogP contribution < -0.4 is 10.1 Å². The Morgan fingerprint density at radius 1 is 1.16 bits per heavy atom. The highest BCUT2D eigenvalue weighted by molar-refractivity contribution is 7.15. The Balaban J connectivity index is 1.53. The van der Waals surface area contributed by atoms with E-state index in [1.165, 1.54) is 22.5 Å². The van der Waals surface area contributed by atoms with Gasteiger partial charge in [-0.2, -0.15) is 0 Å². The van der Waals surface area contributed by atoms with Crippen molar-refractivity contribution in [2.75, 3.05) is 11.9 Å². The summed E-state index contributed by atoms with van der Waals surface area (Å²) in [5.74, 6) is 0.519. The number of hydrogen-bond acceptors (Lipinski definition) is 4. The van der Waals surface area contributed by atoms with E-state index in [2.05, 4.69) is 22.4 Å². The van der Waals surface area contributed by atoms with Crippen LogP contribution in [0.3, 0.4) is 0 Å². The van der Waals surface area contributed by atoms with Gasteiger partial charge in [-0.15, -0.1) is 11.3 Å². The summed E-state index contributed by atoms with van der Waals surface area (Å²) in [5.41, 5.74) is 3.41. The quantitative estimate of drug-likeness (QED) is 0.717. The number of amides is 1. The van der Waals surface area contributed by atoms with Gasteiger partial charge in [-0.3, -0.25) is 10.1 Å². The molecule has 0 fully saturated rings. The Hall–Kier alpha value is -2.66. The van der Waals surface area contributed by atoms with Crippen LogP contribution in [-0.2, 0) is 11.2 Å². The molecule has 0 spiro atoms. The fourth-order valence-electron chi connectivity index (χ4n) is 2.50. The van der Waals surface area contributed by atoms with Crippen molar-refractivity contribution in [2.24, 2.45) is 0 Å². The zero-order chi connectivity index (χ0) is 17.6. The van der Waals surface area contributed by atoms with Crippen molar-refractivity contribution in [3.8, 4) is 5.75 Å². The minimum atomic E-state index is -0.208. The minimum Gasteiger partial charge on any atom is -0.483 e. The van der Waals surface area contributed by atoms with Gasteiger partial charge < -0.3 is 4.74 Å². The standard InChI is InChI=1S/C20H20N2O2S/c1-14-8-9-18(15(2)10-14)24-13-19(23)22-20-21-12-17(25-20)11-16-6-4-3-5-7-16/h3-10,12H,11,13H2,1-2H3,(H,21,22,23). The van der Waals surface area contributed by atoms with E-state index in [0.29, 0.717) is 5.13 Å². The van der Waals surface area contributed by atoms with Gasteiger partial charge in [0.1, 0.15) is 5.75 Å². The maximum atomic E-state index is 12.1. The molecule has 1 N–H and O–H groups in total. The highest BCUT2D eigenvalue weighted by Crippen LogP contribution is 2.22. The van der Waals surface area contributed by atoms with Crippen LogP contribution in [0.15, 0.2) is 54.7 Å². The average molecular weight is 352 g/mol. The van der Waals surface area contributed by atoms with E-state index < -0.39 is 0 Å². The number of ether oxygens (including phenoxy) is 1. The SMILES string of the molecule is Cc1ccc(OCC(=O)Nc2ncc(Cc3ccccc3)s2)c(C)c1. The number of aromatic nitrogens is 1. The first-order chi connectivity index (χ1) is 12.1. The second kappa shape index (κ2) is 7.94. The predicted octanol–water partition coefficient (Wildman–Crippen LogP) is 4.37. The number of hydrogen-bond donors (Lipinski definition) is 1. The van der Waals surface area contributed by atoms with Crippen molar-refractivity contribution in [1.29, 1.82) is 0 Å². The van der Waals surface area contributed by atoms with Crippen molar-refractivity contribution in [1.82, 2.24) is 4.98 Å². The lowest BCUT2D eigenvalue weighted by molar-refractivity contribution is -0.118. The molecule has 3 rings (SSSR count). The molecule has 0 radical (unpaired) electrons. The number of aryl methyl sites for hydroxylation is 2. The predicted molar refractivity (Wildman–Crippen MR) is 101 cm³/mol. The van der Waals surface area contributed by atoms with Crippen LogP contribution in [0.2, 0.25) is 0 Å². The molecule has 5 heteroatoms. The molecule has 128 valence electrons. The van der Waals surface area contributed by atoms with Gasteiger partial charge in [-0.25, -0.2) is 4.98 Å². The summed E-state index contributed by atoms with van der Waals surface area (Å²) in [6.45, 7) is 3.97. The van der Waals surface area contributed by atoms with Gasteiger partial charge in [0.2, 0.25) is 0 Å². The molecule has 1 aromatic heterocycles. The van der Waals surface area contributed by atoms with Crippen molar-refractivity contribution in [3.05, 3.63) is 76.3 Å². The van der Waals surface area contributed by atoms with Gasteiger partial charge in [-0.1, -0.05) is 48.0 Å². The van der Waals surface area contributed by atoms with Crippen LogP contribution in [0.5, 0.6) is 5.75 Å². The fourth-order valence-corrected chi connectivity index (χ4v) is 3.37. The molecule has 1 heterocycles. The monoisotopic (exact) mass is 352 g/mol. The molecule has 1 amide bonds. The number of thiazole rings is 1. The number of nitrogens with one attached hydrogen (secondary N) is 1. The van der Waals surface area contributed by atoms with Gasteiger partial charge in [0.05, 0.1) is 0 Å². The topological polar surface area (TPSA) is 51.2 Å². The van der Waals surface area contributed by atoms with Crippen molar-refractivity contribution >= 4 is 22.4 Å². The largest absolute Gasteiger partial charge is 0.483 e. The molecule has 0 aliphatic carbocycles. The summed E-state index contributed by atoms with van der Waals surface area (Å²) in [6, 6.07) is 16.1. The summed E-state index contributed by atoms with van der Waals surface area (Å²) in [7, 11) is 0. The first kappa shape index (κ1) is 17.2. The van der Waals surface area contributed by atoms with Gasteiger partial charge in [0, 0.05) is 17.5 Å². The van der Waals surface area contributed by atoms with Gasteiger partial charge in [0.15, 0.2) is 11.7 Å². The van der Waals surface area contributed by atoms with E-state index in [4.69, 9.17) is 4.74 Å². The number of carbonyl (C=O) groups is 1. The molecule has 0 aliphatic heterocycles. The van der Waals surface area contributed by atoms with Crippen LogP contribution in [0.1, 0.15) is 21.6 Å². The molecule has 0 aliphatic rings. The van der Waals surface area contributed by atoms with Gasteiger partial charge >= 0.3 is 0 Å². The summed E-state index contributed by atoms with van der Waals surface area (Å²) < 4.78 is 5.59. The molecular formula is C20H20N2O2S. The maximum absolute atomic E-state index is 12.1. The normalized spacial score (nSPS) is 10.5. The highest BCUT2D eigenvalue weighted by atomic mass is 32.1. The third-order valence-electron chi connectivity index (χ3n) is 3.71. The zero-order valence-corrected chi connectivity index (χ0v) is 15.1. The number of anilines is 1. The molecule has 25 heavy (non-hydrogen) atoms. The smallest absolute Gasteiger partial charge is 0.264 e. The molecule has 0 atom stereocenters. The third-order valence-corrected chi connectivity index (χ3v) is 4.62. The molecule has 3 aromatic rings. The lowest BCUT2D eigenvalue weighted by Crippen LogP contribution is -2.20. The number of rotatable bonds is 6. The maximum Gasteiger partial charge on any atom is 0.264 e. The first-order valence-electron chi connectivity index (χ1n) is 8.09. The Morgan fingerprint density at radius 3 is 2.72 bits per heavy atom. The van der Waals surface area contributed by atoms with E-state index >= 15 is 0 Å². The molecule has 0 saturated heterocycles. The Labute approximate surface area is 151 Å². The molecule has 0 saturated carbocycles. The molecule has 4 nitrogen and oxygen atoms in total. The van der Waals surface area contributed by atoms with Gasteiger partial charge in [-0.05, 0) is 31.0 Å². The van der Waals surface area contributed by atoms with Crippen molar-refractivity contribution in [3.63, 3.8) is 0 Å². The summed E-state index contributed by atoms with van der Waals surface area (Å²) in [5, 5.41) is 3.39. The molecule has 0 unspecified atom stereocenters. The van der Waals surface area contributed by atoms with Crippen LogP contribution in [0.4, 0.5) is 5.13 Å². The third kappa shape index (κ3) is 4.90. The summed E-state index contributed by atoms with van der Waals surface area (Å²) >= 11 is 1.48. The van der Waals surface area contributed by atoms with Crippen LogP contribution in [0.25, 0.3) is 0 Å². The molecule has 2 aromatic carbocycles. The van der Waals surface area contributed by atoms with Crippen molar-refractivity contribution < 1.29 is 9.53 Å². The van der Waals surface area contributed by atoms with E-state index in [0.717, 1.165) is 22.6 Å². The minimum absolute atomic E-state index is 0.0303. The van der Waals surface area contributed by atoms with Crippen LogP contribution in [0, 0.1) is 13.8 Å². The second-order valence-electron chi connectivity index (χ2n) is 5.90. The van der Waals surface area contributed by atoms with Crippen LogP contribution in [-0.4, -0.2) is 17.5 Å². The highest BCUT2D eigenvalue weighted by Gasteiger charge is 2.09. The van der Waals surface area contributed by atoms with Crippen molar-refractivity contribution in [2.45, 2.75) is 20.3 Å². The van der Waals surface area contributed by atoms with E-state index in [1.807, 2.05) is 50.2 Å². The Kier molecular flexibility index (Phi) is 5.46. The number of benzene rings is 2. The van der Waals surface area contributed by atoms with E-state index in [1.54, 1.807) is 6.20 Å². The van der Waals surface area contributed by atoms with Crippen LogP contribution >= 0.6 is 11.3 Å². The summed E-state index contributed by atoms with van der Waals surface area (Å²) in [6.07, 6.45) is 2.62. The molecular weight excluding hydrogens is 332 g/mol. The van der Waals surface area contributed by atoms with E-state index in [9.17, 15) is 4.79 Å². The Morgan fingerprint density at radius 2 is 1.96 bits per heavy atom.